The first-order chi connectivity index (χ1) is 12.9. The number of likely N-dealkylation sites (N-methyl/N-ethyl adjacent to an activating group) is 1. The molecule has 6 nitrogen and oxygen atoms in total. The SMILES string of the molecule is CC(C)c1ccc(CN2CCC[C@](O)(CN(C)Cc3ccon3)C2=O)cc1. The molecule has 6 heteroatoms. The van der Waals surface area contributed by atoms with Crippen molar-refractivity contribution in [3.63, 3.8) is 0 Å². The van der Waals surface area contributed by atoms with E-state index in [0.717, 1.165) is 17.7 Å². The summed E-state index contributed by atoms with van der Waals surface area (Å²) in [5, 5.41) is 14.9. The molecule has 1 aliphatic rings. The van der Waals surface area contributed by atoms with E-state index >= 15 is 0 Å². The van der Waals surface area contributed by atoms with Crippen molar-refractivity contribution in [1.29, 1.82) is 0 Å². The molecule has 1 N–H and O–H groups in total. The maximum Gasteiger partial charge on any atom is 0.256 e. The summed E-state index contributed by atoms with van der Waals surface area (Å²) in [6.45, 7) is 6.36. The molecule has 146 valence electrons. The number of piperidine rings is 1. The van der Waals surface area contributed by atoms with Crippen LogP contribution in [0.25, 0.3) is 0 Å². The number of nitrogens with zero attached hydrogens (tertiary/aromatic N) is 3. The van der Waals surface area contributed by atoms with Gasteiger partial charge < -0.3 is 14.5 Å². The summed E-state index contributed by atoms with van der Waals surface area (Å²) < 4.78 is 4.84. The Morgan fingerprint density at radius 1 is 1.30 bits per heavy atom. The van der Waals surface area contributed by atoms with Gasteiger partial charge in [0, 0.05) is 32.2 Å². The molecule has 1 fully saturated rings. The summed E-state index contributed by atoms with van der Waals surface area (Å²) in [5.41, 5.74) is 1.81. The molecule has 0 radical (unpaired) electrons. The Hall–Kier alpha value is -2.18. The number of aromatic nitrogens is 1. The molecule has 0 aliphatic carbocycles. The molecular weight excluding hydrogens is 342 g/mol. The fraction of sp³-hybridized carbons (Fsp3) is 0.524. The standard InChI is InChI=1S/C21H29N3O3/c1-16(2)18-7-5-17(6-8-18)13-24-11-4-10-21(26,20(24)25)15-23(3)14-19-9-12-27-22-19/h5-9,12,16,26H,4,10-11,13-15H2,1-3H3/t21-/m0/s1. The lowest BCUT2D eigenvalue weighted by molar-refractivity contribution is -0.160. The van der Waals surface area contributed by atoms with Gasteiger partial charge in [-0.05, 0) is 36.9 Å². The van der Waals surface area contributed by atoms with Gasteiger partial charge in [0.1, 0.15) is 6.26 Å². The Bertz CT molecular complexity index is 743. The quantitative estimate of drug-likeness (QED) is 0.810. The van der Waals surface area contributed by atoms with Gasteiger partial charge in [0.15, 0.2) is 5.60 Å². The zero-order valence-corrected chi connectivity index (χ0v) is 16.4. The third-order valence-corrected chi connectivity index (χ3v) is 5.18. The largest absolute Gasteiger partial charge is 0.379 e. The second-order valence-electron chi connectivity index (χ2n) is 7.92. The van der Waals surface area contributed by atoms with Crippen molar-refractivity contribution >= 4 is 5.91 Å². The van der Waals surface area contributed by atoms with E-state index in [0.29, 0.717) is 32.0 Å². The molecule has 0 saturated carbocycles. The molecule has 1 aliphatic heterocycles. The number of likely N-dealkylation sites (tertiary alicyclic amines) is 1. The van der Waals surface area contributed by atoms with Gasteiger partial charge in [0.05, 0.1) is 5.69 Å². The lowest BCUT2D eigenvalue weighted by Gasteiger charge is -2.40. The molecule has 1 aromatic heterocycles. The number of carbonyl (C=O) groups excluding carboxylic acids is 1. The Morgan fingerprint density at radius 3 is 2.67 bits per heavy atom. The highest BCUT2D eigenvalue weighted by atomic mass is 16.5. The van der Waals surface area contributed by atoms with Crippen LogP contribution in [0.5, 0.6) is 0 Å². The van der Waals surface area contributed by atoms with Crippen LogP contribution in [-0.4, -0.2) is 51.7 Å². The predicted octanol–water partition coefficient (Wildman–Crippen LogP) is 2.78. The Morgan fingerprint density at radius 2 is 2.04 bits per heavy atom. The van der Waals surface area contributed by atoms with E-state index in [2.05, 4.69) is 43.3 Å². The van der Waals surface area contributed by atoms with Crippen molar-refractivity contribution in [3.8, 4) is 0 Å². The first-order valence-electron chi connectivity index (χ1n) is 9.56. The van der Waals surface area contributed by atoms with Crippen molar-refractivity contribution < 1.29 is 14.4 Å². The summed E-state index contributed by atoms with van der Waals surface area (Å²) in [6.07, 6.45) is 2.80. The normalized spacial score (nSPS) is 20.7. The first kappa shape index (κ1) is 19.6. The Labute approximate surface area is 160 Å². The lowest BCUT2D eigenvalue weighted by Crippen LogP contribution is -2.57. The van der Waals surface area contributed by atoms with E-state index in [1.807, 2.05) is 11.9 Å². The fourth-order valence-corrected chi connectivity index (χ4v) is 3.69. The Balaban J connectivity index is 1.63. The van der Waals surface area contributed by atoms with Crippen LogP contribution in [0.3, 0.4) is 0 Å². The maximum absolute atomic E-state index is 13.0. The molecule has 1 atom stereocenters. The van der Waals surface area contributed by atoms with Gasteiger partial charge in [-0.15, -0.1) is 0 Å². The zero-order chi connectivity index (χ0) is 19.4. The molecule has 1 saturated heterocycles. The van der Waals surface area contributed by atoms with Crippen LogP contribution in [0.1, 0.15) is 49.4 Å². The molecule has 0 spiro atoms. The molecule has 0 unspecified atom stereocenters. The van der Waals surface area contributed by atoms with E-state index in [4.69, 9.17) is 4.52 Å². The van der Waals surface area contributed by atoms with Crippen LogP contribution in [0.15, 0.2) is 41.1 Å². The van der Waals surface area contributed by atoms with Crippen LogP contribution in [0.4, 0.5) is 0 Å². The van der Waals surface area contributed by atoms with Gasteiger partial charge in [-0.3, -0.25) is 9.69 Å². The number of hydrogen-bond acceptors (Lipinski definition) is 5. The van der Waals surface area contributed by atoms with Gasteiger partial charge in [-0.2, -0.15) is 0 Å². The minimum Gasteiger partial charge on any atom is -0.379 e. The van der Waals surface area contributed by atoms with Gasteiger partial charge >= 0.3 is 0 Å². The smallest absolute Gasteiger partial charge is 0.256 e. The summed E-state index contributed by atoms with van der Waals surface area (Å²) in [7, 11) is 1.88. The third-order valence-electron chi connectivity index (χ3n) is 5.18. The van der Waals surface area contributed by atoms with Crippen molar-refractivity contribution in [3.05, 3.63) is 53.4 Å². The van der Waals surface area contributed by atoms with Crippen molar-refractivity contribution in [2.24, 2.45) is 0 Å². The fourth-order valence-electron chi connectivity index (χ4n) is 3.69. The summed E-state index contributed by atoms with van der Waals surface area (Å²) in [6, 6.07) is 10.2. The van der Waals surface area contributed by atoms with Crippen LogP contribution >= 0.6 is 0 Å². The van der Waals surface area contributed by atoms with Gasteiger partial charge in [0.2, 0.25) is 0 Å². The average Bonchev–Trinajstić information content (AvgIpc) is 3.12. The van der Waals surface area contributed by atoms with E-state index in [9.17, 15) is 9.90 Å². The second kappa shape index (κ2) is 8.23. The lowest BCUT2D eigenvalue weighted by atomic mass is 9.90. The van der Waals surface area contributed by atoms with Crippen molar-refractivity contribution in [2.75, 3.05) is 20.1 Å². The van der Waals surface area contributed by atoms with Crippen LogP contribution < -0.4 is 0 Å². The monoisotopic (exact) mass is 371 g/mol. The molecular formula is C21H29N3O3. The molecule has 1 aromatic carbocycles. The molecule has 2 heterocycles. The van der Waals surface area contributed by atoms with E-state index in [-0.39, 0.29) is 12.5 Å². The number of amides is 1. The summed E-state index contributed by atoms with van der Waals surface area (Å²) >= 11 is 0. The second-order valence-corrected chi connectivity index (χ2v) is 7.92. The van der Waals surface area contributed by atoms with E-state index in [1.165, 1.54) is 11.8 Å². The average molecular weight is 371 g/mol. The topological polar surface area (TPSA) is 69.8 Å². The number of aliphatic hydroxyl groups is 1. The highest BCUT2D eigenvalue weighted by Gasteiger charge is 2.42. The molecule has 2 aromatic rings. The summed E-state index contributed by atoms with van der Waals surface area (Å²) in [5.74, 6) is 0.301. The van der Waals surface area contributed by atoms with Gasteiger partial charge in [-0.1, -0.05) is 43.3 Å². The number of hydrogen-bond donors (Lipinski definition) is 1. The van der Waals surface area contributed by atoms with Crippen molar-refractivity contribution in [2.45, 2.75) is 51.3 Å². The first-order valence-corrected chi connectivity index (χ1v) is 9.56. The van der Waals surface area contributed by atoms with E-state index in [1.54, 1.807) is 11.0 Å². The molecule has 0 bridgehead atoms. The predicted molar refractivity (Wildman–Crippen MR) is 103 cm³/mol. The number of rotatable bonds is 7. The minimum absolute atomic E-state index is 0.186. The highest BCUT2D eigenvalue weighted by molar-refractivity contribution is 5.86. The third kappa shape index (κ3) is 4.76. The minimum atomic E-state index is -1.35. The van der Waals surface area contributed by atoms with Crippen LogP contribution in [0, 0.1) is 0 Å². The highest BCUT2D eigenvalue weighted by Crippen LogP contribution is 2.26. The zero-order valence-electron chi connectivity index (χ0n) is 16.4. The molecule has 27 heavy (non-hydrogen) atoms. The van der Waals surface area contributed by atoms with Crippen LogP contribution in [0.2, 0.25) is 0 Å². The molecule has 3 rings (SSSR count). The maximum atomic E-state index is 13.0. The molecule has 1 amide bonds. The van der Waals surface area contributed by atoms with Crippen molar-refractivity contribution in [1.82, 2.24) is 15.0 Å². The van der Waals surface area contributed by atoms with E-state index < -0.39 is 5.60 Å². The van der Waals surface area contributed by atoms with Gasteiger partial charge in [-0.25, -0.2) is 0 Å². The number of carbonyl (C=O) groups is 1. The van der Waals surface area contributed by atoms with Gasteiger partial charge in [0.25, 0.3) is 5.91 Å². The van der Waals surface area contributed by atoms with Crippen LogP contribution in [-0.2, 0) is 17.9 Å². The summed E-state index contributed by atoms with van der Waals surface area (Å²) in [4.78, 5) is 16.7. The Kier molecular flexibility index (Phi) is 5.97. The number of benzene rings is 1.